The molecule has 2 heterocycles. The highest BCUT2D eigenvalue weighted by Crippen LogP contribution is 2.25. The van der Waals surface area contributed by atoms with Gasteiger partial charge < -0.3 is 15.0 Å². The van der Waals surface area contributed by atoms with E-state index in [-0.39, 0.29) is 5.75 Å². The zero-order valence-corrected chi connectivity index (χ0v) is 13.3. The minimum Gasteiger partial charge on any atom is -0.406 e. The van der Waals surface area contributed by atoms with Crippen LogP contribution in [0.4, 0.5) is 19.0 Å². The van der Waals surface area contributed by atoms with Crippen LogP contribution in [0.5, 0.6) is 5.75 Å². The van der Waals surface area contributed by atoms with Crippen LogP contribution in [-0.4, -0.2) is 42.3 Å². The molecule has 1 aliphatic heterocycles. The largest absolute Gasteiger partial charge is 0.573 e. The Kier molecular flexibility index (Phi) is 4.66. The van der Waals surface area contributed by atoms with Crippen molar-refractivity contribution in [1.82, 2.24) is 15.1 Å². The minimum absolute atomic E-state index is 0.241. The first kappa shape index (κ1) is 16.6. The Balaban J connectivity index is 1.79. The van der Waals surface area contributed by atoms with E-state index in [0.717, 1.165) is 44.1 Å². The molecule has 5 nitrogen and oxygen atoms in total. The van der Waals surface area contributed by atoms with Gasteiger partial charge in [-0.3, -0.25) is 0 Å². The Labute approximate surface area is 138 Å². The lowest BCUT2D eigenvalue weighted by molar-refractivity contribution is -0.274. The second-order valence-electron chi connectivity index (χ2n) is 5.69. The van der Waals surface area contributed by atoms with Gasteiger partial charge in [0.1, 0.15) is 5.75 Å². The van der Waals surface area contributed by atoms with E-state index in [4.69, 9.17) is 0 Å². The Hall–Kier alpha value is -2.22. The van der Waals surface area contributed by atoms with Crippen LogP contribution in [0.1, 0.15) is 12.1 Å². The van der Waals surface area contributed by atoms with E-state index in [1.807, 2.05) is 13.0 Å². The Bertz CT molecular complexity index is 674. The van der Waals surface area contributed by atoms with Gasteiger partial charge in [0.25, 0.3) is 0 Å². The van der Waals surface area contributed by atoms with Crippen molar-refractivity contribution in [2.75, 3.05) is 31.1 Å². The first-order valence-electron chi connectivity index (χ1n) is 7.81. The number of nitrogens with zero attached hydrogens (tertiary/aromatic N) is 3. The second-order valence-corrected chi connectivity index (χ2v) is 5.69. The van der Waals surface area contributed by atoms with Gasteiger partial charge in [-0.15, -0.1) is 13.2 Å². The summed E-state index contributed by atoms with van der Waals surface area (Å²) in [4.78, 5) is 2.21. The van der Waals surface area contributed by atoms with E-state index >= 15 is 0 Å². The van der Waals surface area contributed by atoms with Gasteiger partial charge in [-0.2, -0.15) is 5.10 Å². The number of hydrogen-bond acceptors (Lipinski definition) is 4. The maximum Gasteiger partial charge on any atom is 0.573 e. The van der Waals surface area contributed by atoms with Gasteiger partial charge >= 0.3 is 6.36 Å². The Morgan fingerprint density at radius 3 is 2.58 bits per heavy atom. The molecule has 0 unspecified atom stereocenters. The van der Waals surface area contributed by atoms with Crippen LogP contribution in [0.25, 0.3) is 5.69 Å². The molecule has 130 valence electrons. The summed E-state index contributed by atoms with van der Waals surface area (Å²) in [7, 11) is 0. The molecule has 0 saturated carbocycles. The summed E-state index contributed by atoms with van der Waals surface area (Å²) >= 11 is 0. The summed E-state index contributed by atoms with van der Waals surface area (Å²) in [5.41, 5.74) is 1.62. The lowest BCUT2D eigenvalue weighted by Gasteiger charge is -2.18. The molecule has 0 bridgehead atoms. The van der Waals surface area contributed by atoms with Crippen molar-refractivity contribution in [3.8, 4) is 11.4 Å². The van der Waals surface area contributed by atoms with E-state index in [0.29, 0.717) is 5.69 Å². The SMILES string of the molecule is Cc1cc(N2CCCNCC2)nn1-c1ccc(OC(F)(F)F)cc1. The van der Waals surface area contributed by atoms with Crippen LogP contribution in [0, 0.1) is 6.92 Å². The van der Waals surface area contributed by atoms with Gasteiger partial charge in [0.2, 0.25) is 0 Å². The molecule has 0 spiro atoms. The van der Waals surface area contributed by atoms with Crippen molar-refractivity contribution in [3.05, 3.63) is 36.0 Å². The van der Waals surface area contributed by atoms with Gasteiger partial charge in [-0.05, 0) is 44.2 Å². The molecule has 24 heavy (non-hydrogen) atoms. The smallest absolute Gasteiger partial charge is 0.406 e. The molecule has 8 heteroatoms. The molecule has 2 aromatic rings. The molecule has 1 aromatic heterocycles. The molecule has 1 aliphatic rings. The number of rotatable bonds is 3. The standard InChI is InChI=1S/C16H19F3N4O/c1-12-11-15(22-9-2-7-20-8-10-22)21-23(12)13-3-5-14(6-4-13)24-16(17,18)19/h3-6,11,20H,2,7-10H2,1H3. The van der Waals surface area contributed by atoms with E-state index in [2.05, 4.69) is 20.1 Å². The zero-order valence-electron chi connectivity index (χ0n) is 13.3. The molecule has 3 rings (SSSR count). The van der Waals surface area contributed by atoms with Gasteiger partial charge in [-0.1, -0.05) is 0 Å². The van der Waals surface area contributed by atoms with Gasteiger partial charge in [-0.25, -0.2) is 4.68 Å². The Morgan fingerprint density at radius 2 is 1.88 bits per heavy atom. The fraction of sp³-hybridized carbons (Fsp3) is 0.438. The van der Waals surface area contributed by atoms with E-state index in [1.165, 1.54) is 12.1 Å². The molecule has 1 saturated heterocycles. The summed E-state index contributed by atoms with van der Waals surface area (Å²) in [6, 6.07) is 7.70. The highest BCUT2D eigenvalue weighted by atomic mass is 19.4. The number of aromatic nitrogens is 2. The number of benzene rings is 1. The number of nitrogens with one attached hydrogen (secondary N) is 1. The second kappa shape index (κ2) is 6.72. The quantitative estimate of drug-likeness (QED) is 0.933. The van der Waals surface area contributed by atoms with Crippen LogP contribution >= 0.6 is 0 Å². The summed E-state index contributed by atoms with van der Waals surface area (Å²) in [5.74, 6) is 0.640. The third-order valence-electron chi connectivity index (χ3n) is 3.85. The molecular formula is C16H19F3N4O. The third-order valence-corrected chi connectivity index (χ3v) is 3.85. The number of anilines is 1. The average Bonchev–Trinajstić information content (AvgIpc) is 2.73. The summed E-state index contributed by atoms with van der Waals surface area (Å²) < 4.78 is 42.3. The van der Waals surface area contributed by atoms with Gasteiger partial charge in [0.15, 0.2) is 5.82 Å². The van der Waals surface area contributed by atoms with Crippen molar-refractivity contribution in [3.63, 3.8) is 0 Å². The lowest BCUT2D eigenvalue weighted by atomic mass is 10.3. The molecule has 1 aromatic carbocycles. The van der Waals surface area contributed by atoms with E-state index in [9.17, 15) is 13.2 Å². The number of ether oxygens (including phenoxy) is 1. The summed E-state index contributed by atoms with van der Waals surface area (Å²) in [5, 5.41) is 7.94. The monoisotopic (exact) mass is 340 g/mol. The predicted octanol–water partition coefficient (Wildman–Crippen LogP) is 2.88. The highest BCUT2D eigenvalue weighted by Gasteiger charge is 2.31. The molecule has 1 N–H and O–H groups in total. The van der Waals surface area contributed by atoms with Crippen LogP contribution in [0.15, 0.2) is 30.3 Å². The van der Waals surface area contributed by atoms with Gasteiger partial charge in [0, 0.05) is 31.4 Å². The number of aryl methyl sites for hydroxylation is 1. The average molecular weight is 340 g/mol. The zero-order chi connectivity index (χ0) is 17.2. The summed E-state index contributed by atoms with van der Waals surface area (Å²) in [6.07, 6.45) is -3.63. The first-order valence-corrected chi connectivity index (χ1v) is 7.81. The molecule has 0 atom stereocenters. The fourth-order valence-corrected chi connectivity index (χ4v) is 2.74. The lowest BCUT2D eigenvalue weighted by Crippen LogP contribution is -2.28. The number of hydrogen-bond donors (Lipinski definition) is 1. The first-order chi connectivity index (χ1) is 11.4. The molecule has 0 amide bonds. The predicted molar refractivity (Wildman–Crippen MR) is 84.7 cm³/mol. The van der Waals surface area contributed by atoms with Crippen LogP contribution in [0.3, 0.4) is 0 Å². The number of alkyl halides is 3. The van der Waals surface area contributed by atoms with Crippen molar-refractivity contribution < 1.29 is 17.9 Å². The third kappa shape index (κ3) is 4.00. The van der Waals surface area contributed by atoms with Crippen molar-refractivity contribution in [2.24, 2.45) is 0 Å². The van der Waals surface area contributed by atoms with Crippen molar-refractivity contribution >= 4 is 5.82 Å². The molecular weight excluding hydrogens is 321 g/mol. The molecule has 1 fully saturated rings. The number of halogens is 3. The maximum absolute atomic E-state index is 12.2. The molecule has 0 aliphatic carbocycles. The van der Waals surface area contributed by atoms with Crippen molar-refractivity contribution in [1.29, 1.82) is 0 Å². The summed E-state index contributed by atoms with van der Waals surface area (Å²) in [6.45, 7) is 5.65. The van der Waals surface area contributed by atoms with Crippen LogP contribution < -0.4 is 15.0 Å². The maximum atomic E-state index is 12.2. The van der Waals surface area contributed by atoms with Crippen LogP contribution in [-0.2, 0) is 0 Å². The van der Waals surface area contributed by atoms with E-state index < -0.39 is 6.36 Å². The van der Waals surface area contributed by atoms with E-state index in [1.54, 1.807) is 16.8 Å². The fourth-order valence-electron chi connectivity index (χ4n) is 2.74. The Morgan fingerprint density at radius 1 is 1.12 bits per heavy atom. The topological polar surface area (TPSA) is 42.3 Å². The normalized spacial score (nSPS) is 16.1. The van der Waals surface area contributed by atoms with Gasteiger partial charge in [0.05, 0.1) is 5.69 Å². The highest BCUT2D eigenvalue weighted by molar-refractivity contribution is 5.45. The van der Waals surface area contributed by atoms with Crippen LogP contribution in [0.2, 0.25) is 0 Å². The van der Waals surface area contributed by atoms with Crippen molar-refractivity contribution in [2.45, 2.75) is 19.7 Å². The molecule has 0 radical (unpaired) electrons. The minimum atomic E-state index is -4.68.